The summed E-state index contributed by atoms with van der Waals surface area (Å²) < 4.78 is 37.4. The first-order valence-electron chi connectivity index (χ1n) is 7.54. The SMILES string of the molecule is CCCN(CC1CC1)C(=O)/C=C/c1ccc(C(F)(F)F)cc1. The van der Waals surface area contributed by atoms with Crippen molar-refractivity contribution in [2.75, 3.05) is 13.1 Å². The molecule has 0 saturated heterocycles. The summed E-state index contributed by atoms with van der Waals surface area (Å²) >= 11 is 0. The number of carbonyl (C=O) groups is 1. The van der Waals surface area contributed by atoms with Crippen LogP contribution in [-0.4, -0.2) is 23.9 Å². The highest BCUT2D eigenvalue weighted by atomic mass is 19.4. The predicted octanol–water partition coefficient (Wildman–Crippen LogP) is 4.37. The van der Waals surface area contributed by atoms with Crippen LogP contribution in [0, 0.1) is 5.92 Å². The number of rotatable bonds is 6. The van der Waals surface area contributed by atoms with E-state index in [1.807, 2.05) is 11.8 Å². The van der Waals surface area contributed by atoms with E-state index in [2.05, 4.69) is 0 Å². The van der Waals surface area contributed by atoms with Crippen LogP contribution in [0.3, 0.4) is 0 Å². The molecule has 0 heterocycles. The van der Waals surface area contributed by atoms with E-state index in [0.29, 0.717) is 18.0 Å². The summed E-state index contributed by atoms with van der Waals surface area (Å²) in [5.41, 5.74) is -0.0958. The van der Waals surface area contributed by atoms with Crippen LogP contribution in [0.4, 0.5) is 13.2 Å². The molecule has 0 spiro atoms. The summed E-state index contributed by atoms with van der Waals surface area (Å²) in [5.74, 6) is 0.545. The molecule has 22 heavy (non-hydrogen) atoms. The van der Waals surface area contributed by atoms with Gasteiger partial charge in [-0.3, -0.25) is 4.79 Å². The van der Waals surface area contributed by atoms with E-state index in [9.17, 15) is 18.0 Å². The monoisotopic (exact) mass is 311 g/mol. The largest absolute Gasteiger partial charge is 0.416 e. The van der Waals surface area contributed by atoms with Gasteiger partial charge in [0.15, 0.2) is 0 Å². The lowest BCUT2D eigenvalue weighted by molar-refractivity contribution is -0.137. The fourth-order valence-electron chi connectivity index (χ4n) is 2.23. The lowest BCUT2D eigenvalue weighted by Gasteiger charge is -2.20. The molecule has 0 aliphatic heterocycles. The first kappa shape index (κ1) is 16.6. The Kier molecular flexibility index (Phi) is 5.27. The molecule has 1 aliphatic rings. The average molecular weight is 311 g/mol. The van der Waals surface area contributed by atoms with Gasteiger partial charge in [-0.05, 0) is 49.0 Å². The van der Waals surface area contributed by atoms with Gasteiger partial charge in [0.05, 0.1) is 5.56 Å². The maximum absolute atomic E-state index is 12.5. The molecule has 0 N–H and O–H groups in total. The van der Waals surface area contributed by atoms with E-state index in [0.717, 1.165) is 25.1 Å². The minimum atomic E-state index is -4.33. The molecule has 1 amide bonds. The van der Waals surface area contributed by atoms with Crippen molar-refractivity contribution < 1.29 is 18.0 Å². The molecule has 1 aromatic carbocycles. The molecule has 1 aliphatic carbocycles. The van der Waals surface area contributed by atoms with Crippen LogP contribution in [0.25, 0.3) is 6.08 Å². The zero-order valence-corrected chi connectivity index (χ0v) is 12.6. The second kappa shape index (κ2) is 6.99. The highest BCUT2D eigenvalue weighted by Crippen LogP contribution is 2.30. The number of benzene rings is 1. The Morgan fingerprint density at radius 2 is 1.91 bits per heavy atom. The van der Waals surface area contributed by atoms with E-state index in [-0.39, 0.29) is 5.91 Å². The third-order valence-electron chi connectivity index (χ3n) is 3.64. The summed E-state index contributed by atoms with van der Waals surface area (Å²) in [6, 6.07) is 4.80. The Bertz CT molecular complexity index is 530. The minimum Gasteiger partial charge on any atom is -0.339 e. The van der Waals surface area contributed by atoms with Crippen molar-refractivity contribution in [3.8, 4) is 0 Å². The number of hydrogen-bond donors (Lipinski definition) is 0. The van der Waals surface area contributed by atoms with Gasteiger partial charge in [-0.1, -0.05) is 19.1 Å². The van der Waals surface area contributed by atoms with Crippen LogP contribution in [0.5, 0.6) is 0 Å². The molecule has 0 unspecified atom stereocenters. The Labute approximate surface area is 128 Å². The molecule has 120 valence electrons. The van der Waals surface area contributed by atoms with Gasteiger partial charge in [0.1, 0.15) is 0 Å². The standard InChI is InChI=1S/C17H20F3NO/c1-2-11-21(12-14-3-4-14)16(22)10-7-13-5-8-15(9-6-13)17(18,19)20/h5-10,14H,2-4,11-12H2,1H3/b10-7+. The zero-order valence-electron chi connectivity index (χ0n) is 12.6. The second-order valence-corrected chi connectivity index (χ2v) is 5.68. The molecule has 0 atom stereocenters. The first-order chi connectivity index (χ1) is 10.4. The Morgan fingerprint density at radius 1 is 1.27 bits per heavy atom. The lowest BCUT2D eigenvalue weighted by atomic mass is 10.1. The molecule has 2 nitrogen and oxygen atoms in total. The van der Waals surface area contributed by atoms with Gasteiger partial charge in [0.2, 0.25) is 5.91 Å². The van der Waals surface area contributed by atoms with Gasteiger partial charge in [0.25, 0.3) is 0 Å². The quantitative estimate of drug-likeness (QED) is 0.715. The maximum atomic E-state index is 12.5. The van der Waals surface area contributed by atoms with E-state index in [1.54, 1.807) is 6.08 Å². The Balaban J connectivity index is 1.98. The molecule has 2 rings (SSSR count). The number of nitrogens with zero attached hydrogens (tertiary/aromatic N) is 1. The number of hydrogen-bond acceptors (Lipinski definition) is 1. The molecule has 0 bridgehead atoms. The van der Waals surface area contributed by atoms with Crippen LogP contribution in [0.2, 0.25) is 0 Å². The Hall–Kier alpha value is -1.78. The van der Waals surface area contributed by atoms with Crippen LogP contribution < -0.4 is 0 Å². The lowest BCUT2D eigenvalue weighted by Crippen LogP contribution is -2.32. The Morgan fingerprint density at radius 3 is 2.41 bits per heavy atom. The molecule has 1 saturated carbocycles. The van der Waals surface area contributed by atoms with Crippen molar-refractivity contribution in [1.29, 1.82) is 0 Å². The van der Waals surface area contributed by atoms with E-state index in [1.165, 1.54) is 31.1 Å². The van der Waals surface area contributed by atoms with Gasteiger partial charge in [-0.15, -0.1) is 0 Å². The summed E-state index contributed by atoms with van der Waals surface area (Å²) in [6.45, 7) is 3.52. The number of amides is 1. The van der Waals surface area contributed by atoms with Crippen LogP contribution in [0.1, 0.15) is 37.3 Å². The van der Waals surface area contributed by atoms with E-state index < -0.39 is 11.7 Å². The summed E-state index contributed by atoms with van der Waals surface area (Å²) in [6.07, 6.45) is 1.93. The normalized spacial score (nSPS) is 15.3. The summed E-state index contributed by atoms with van der Waals surface area (Å²) in [5, 5.41) is 0. The molecule has 5 heteroatoms. The van der Waals surface area contributed by atoms with Gasteiger partial charge in [-0.25, -0.2) is 0 Å². The van der Waals surface area contributed by atoms with Crippen LogP contribution in [0.15, 0.2) is 30.3 Å². The van der Waals surface area contributed by atoms with Gasteiger partial charge in [-0.2, -0.15) is 13.2 Å². The van der Waals surface area contributed by atoms with Crippen molar-refractivity contribution >= 4 is 12.0 Å². The van der Waals surface area contributed by atoms with E-state index >= 15 is 0 Å². The molecule has 1 aromatic rings. The fourth-order valence-corrected chi connectivity index (χ4v) is 2.23. The van der Waals surface area contributed by atoms with Crippen molar-refractivity contribution in [3.05, 3.63) is 41.5 Å². The maximum Gasteiger partial charge on any atom is 0.416 e. The van der Waals surface area contributed by atoms with E-state index in [4.69, 9.17) is 0 Å². The summed E-state index contributed by atoms with van der Waals surface area (Å²) in [7, 11) is 0. The topological polar surface area (TPSA) is 20.3 Å². The second-order valence-electron chi connectivity index (χ2n) is 5.68. The van der Waals surface area contributed by atoms with Gasteiger partial charge < -0.3 is 4.90 Å². The molecular weight excluding hydrogens is 291 g/mol. The van der Waals surface area contributed by atoms with Crippen LogP contribution >= 0.6 is 0 Å². The third-order valence-corrected chi connectivity index (χ3v) is 3.64. The molecule has 0 aromatic heterocycles. The highest BCUT2D eigenvalue weighted by molar-refractivity contribution is 5.91. The number of halogens is 3. The van der Waals surface area contributed by atoms with Crippen molar-refractivity contribution in [2.24, 2.45) is 5.92 Å². The molecule has 0 radical (unpaired) electrons. The van der Waals surface area contributed by atoms with Crippen LogP contribution in [-0.2, 0) is 11.0 Å². The van der Waals surface area contributed by atoms with Crippen molar-refractivity contribution in [1.82, 2.24) is 4.90 Å². The molecule has 1 fully saturated rings. The molecular formula is C17H20F3NO. The highest BCUT2D eigenvalue weighted by Gasteiger charge is 2.29. The number of alkyl halides is 3. The smallest absolute Gasteiger partial charge is 0.339 e. The predicted molar refractivity (Wildman–Crippen MR) is 80.1 cm³/mol. The fraction of sp³-hybridized carbons (Fsp3) is 0.471. The average Bonchev–Trinajstić information content (AvgIpc) is 3.28. The first-order valence-corrected chi connectivity index (χ1v) is 7.54. The minimum absolute atomic E-state index is 0.0753. The van der Waals surface area contributed by atoms with Gasteiger partial charge in [0, 0.05) is 19.2 Å². The summed E-state index contributed by atoms with van der Waals surface area (Å²) in [4.78, 5) is 14.0. The third kappa shape index (κ3) is 4.90. The number of carbonyl (C=O) groups excluding carboxylic acids is 1. The van der Waals surface area contributed by atoms with Crippen molar-refractivity contribution in [2.45, 2.75) is 32.4 Å². The van der Waals surface area contributed by atoms with Gasteiger partial charge >= 0.3 is 6.18 Å². The van der Waals surface area contributed by atoms with Crippen molar-refractivity contribution in [3.63, 3.8) is 0 Å². The zero-order chi connectivity index (χ0) is 16.2.